The van der Waals surface area contributed by atoms with E-state index in [0.29, 0.717) is 15.9 Å². The Morgan fingerprint density at radius 1 is 1.23 bits per heavy atom. The first kappa shape index (κ1) is 18.7. The molecule has 2 aromatic carbocycles. The molecule has 3 rings (SSSR count). The maximum atomic E-state index is 11.9. The maximum absolute atomic E-state index is 11.9. The van der Waals surface area contributed by atoms with E-state index in [2.05, 4.69) is 40.6 Å². The van der Waals surface area contributed by atoms with Gasteiger partial charge >= 0.3 is 0 Å². The molecular formula is C18H16ClN3O2S2. The van der Waals surface area contributed by atoms with E-state index in [1.54, 1.807) is 36.0 Å². The van der Waals surface area contributed by atoms with Crippen molar-refractivity contribution in [1.82, 2.24) is 10.2 Å². The predicted molar refractivity (Wildman–Crippen MR) is 106 cm³/mol. The van der Waals surface area contributed by atoms with E-state index in [0.717, 1.165) is 10.1 Å². The van der Waals surface area contributed by atoms with Crippen LogP contribution in [0.3, 0.4) is 0 Å². The monoisotopic (exact) mass is 405 g/mol. The maximum Gasteiger partial charge on any atom is 0.264 e. The van der Waals surface area contributed by atoms with Crippen molar-refractivity contribution in [3.63, 3.8) is 0 Å². The molecule has 0 aliphatic carbocycles. The van der Waals surface area contributed by atoms with Gasteiger partial charge in [0.2, 0.25) is 5.13 Å². The SMILES string of the molecule is Cc1cccc(CSc2nnc(NC(=O)COc3ccc(Cl)cc3)s2)c1. The number of halogens is 1. The Kier molecular flexibility index (Phi) is 6.49. The number of hydrogen-bond acceptors (Lipinski definition) is 6. The number of thioether (sulfide) groups is 1. The Morgan fingerprint density at radius 3 is 2.81 bits per heavy atom. The van der Waals surface area contributed by atoms with Crippen LogP contribution in [-0.4, -0.2) is 22.7 Å². The smallest absolute Gasteiger partial charge is 0.264 e. The van der Waals surface area contributed by atoms with Crippen LogP contribution in [0.2, 0.25) is 5.02 Å². The van der Waals surface area contributed by atoms with E-state index in [1.165, 1.54) is 22.5 Å². The van der Waals surface area contributed by atoms with Crippen LogP contribution in [0, 0.1) is 6.92 Å². The highest BCUT2D eigenvalue weighted by Gasteiger charge is 2.10. The number of nitrogens with zero attached hydrogens (tertiary/aromatic N) is 2. The van der Waals surface area contributed by atoms with Crippen LogP contribution in [0.1, 0.15) is 11.1 Å². The van der Waals surface area contributed by atoms with Crippen molar-refractivity contribution in [3.8, 4) is 5.75 Å². The third-order valence-corrected chi connectivity index (χ3v) is 5.58. The number of anilines is 1. The summed E-state index contributed by atoms with van der Waals surface area (Å²) in [4.78, 5) is 11.9. The predicted octanol–water partition coefficient (Wildman–Crippen LogP) is 4.81. The van der Waals surface area contributed by atoms with Crippen molar-refractivity contribution in [2.75, 3.05) is 11.9 Å². The number of nitrogens with one attached hydrogen (secondary N) is 1. The average Bonchev–Trinajstić information content (AvgIpc) is 3.07. The van der Waals surface area contributed by atoms with Gasteiger partial charge < -0.3 is 4.74 Å². The number of benzene rings is 2. The Bertz CT molecular complexity index is 884. The van der Waals surface area contributed by atoms with Gasteiger partial charge in [0.05, 0.1) is 0 Å². The van der Waals surface area contributed by atoms with Crippen LogP contribution in [0.4, 0.5) is 5.13 Å². The average molecular weight is 406 g/mol. The van der Waals surface area contributed by atoms with Crippen LogP contribution in [0.5, 0.6) is 5.75 Å². The van der Waals surface area contributed by atoms with Gasteiger partial charge in [-0.2, -0.15) is 0 Å². The lowest BCUT2D eigenvalue weighted by Gasteiger charge is -2.05. The Hall–Kier alpha value is -2.09. The minimum Gasteiger partial charge on any atom is -0.484 e. The van der Waals surface area contributed by atoms with Crippen molar-refractivity contribution >= 4 is 45.7 Å². The van der Waals surface area contributed by atoms with Crippen molar-refractivity contribution in [1.29, 1.82) is 0 Å². The molecule has 1 heterocycles. The number of hydrogen-bond donors (Lipinski definition) is 1. The number of rotatable bonds is 7. The molecule has 3 aromatic rings. The number of ether oxygens (including phenoxy) is 1. The fraction of sp³-hybridized carbons (Fsp3) is 0.167. The zero-order valence-electron chi connectivity index (χ0n) is 13.9. The normalized spacial score (nSPS) is 10.5. The molecule has 0 aliphatic heterocycles. The molecule has 0 saturated heterocycles. The minimum absolute atomic E-state index is 0.104. The van der Waals surface area contributed by atoms with Gasteiger partial charge in [-0.1, -0.05) is 64.5 Å². The lowest BCUT2D eigenvalue weighted by molar-refractivity contribution is -0.118. The summed E-state index contributed by atoms with van der Waals surface area (Å²) in [5, 5.41) is 11.9. The molecule has 0 saturated carbocycles. The first-order valence-electron chi connectivity index (χ1n) is 7.78. The Morgan fingerprint density at radius 2 is 2.04 bits per heavy atom. The second-order valence-electron chi connectivity index (χ2n) is 5.44. The van der Waals surface area contributed by atoms with Crippen LogP contribution in [-0.2, 0) is 10.5 Å². The first-order chi connectivity index (χ1) is 12.6. The van der Waals surface area contributed by atoms with Gasteiger partial charge in [-0.05, 0) is 36.8 Å². The fourth-order valence-electron chi connectivity index (χ4n) is 2.10. The second kappa shape index (κ2) is 9.02. The van der Waals surface area contributed by atoms with Gasteiger partial charge in [-0.15, -0.1) is 10.2 Å². The van der Waals surface area contributed by atoms with E-state index in [1.807, 2.05) is 6.07 Å². The zero-order chi connectivity index (χ0) is 18.4. The Balaban J connectivity index is 1.46. The van der Waals surface area contributed by atoms with Crippen LogP contribution < -0.4 is 10.1 Å². The molecule has 0 bridgehead atoms. The van der Waals surface area contributed by atoms with Crippen molar-refractivity contribution in [3.05, 3.63) is 64.7 Å². The molecule has 1 N–H and O–H groups in total. The number of amides is 1. The van der Waals surface area contributed by atoms with Crippen LogP contribution in [0.15, 0.2) is 52.9 Å². The zero-order valence-corrected chi connectivity index (χ0v) is 16.3. The van der Waals surface area contributed by atoms with E-state index in [9.17, 15) is 4.79 Å². The topological polar surface area (TPSA) is 64.1 Å². The van der Waals surface area contributed by atoms with Crippen LogP contribution in [0.25, 0.3) is 0 Å². The quantitative estimate of drug-likeness (QED) is 0.451. The van der Waals surface area contributed by atoms with Crippen molar-refractivity contribution in [2.45, 2.75) is 17.0 Å². The molecule has 0 atom stereocenters. The highest BCUT2D eigenvalue weighted by molar-refractivity contribution is 8.00. The number of aryl methyl sites for hydroxylation is 1. The third kappa shape index (κ3) is 5.72. The molecule has 0 radical (unpaired) electrons. The van der Waals surface area contributed by atoms with E-state index >= 15 is 0 Å². The molecule has 8 heteroatoms. The molecule has 134 valence electrons. The highest BCUT2D eigenvalue weighted by Crippen LogP contribution is 2.28. The summed E-state index contributed by atoms with van der Waals surface area (Å²) < 4.78 is 6.20. The lowest BCUT2D eigenvalue weighted by Crippen LogP contribution is -2.20. The molecule has 1 amide bonds. The molecule has 0 fully saturated rings. The summed E-state index contributed by atoms with van der Waals surface area (Å²) in [6, 6.07) is 15.2. The van der Waals surface area contributed by atoms with Gasteiger partial charge in [0.25, 0.3) is 5.91 Å². The standard InChI is InChI=1S/C18H16ClN3O2S2/c1-12-3-2-4-13(9-12)11-25-18-22-21-17(26-18)20-16(23)10-24-15-7-5-14(19)6-8-15/h2-9H,10-11H2,1H3,(H,20,21,23). The van der Waals surface area contributed by atoms with Gasteiger partial charge in [-0.25, -0.2) is 0 Å². The minimum atomic E-state index is -0.286. The molecule has 26 heavy (non-hydrogen) atoms. The molecule has 0 unspecified atom stereocenters. The van der Waals surface area contributed by atoms with Gasteiger partial charge in [-0.3, -0.25) is 10.1 Å². The van der Waals surface area contributed by atoms with Gasteiger partial charge in [0, 0.05) is 10.8 Å². The van der Waals surface area contributed by atoms with Gasteiger partial charge in [0.1, 0.15) is 5.75 Å². The Labute approximate surface area is 164 Å². The second-order valence-corrected chi connectivity index (χ2v) is 8.08. The summed E-state index contributed by atoms with van der Waals surface area (Å²) >= 11 is 8.74. The summed E-state index contributed by atoms with van der Waals surface area (Å²) in [5.41, 5.74) is 2.46. The summed E-state index contributed by atoms with van der Waals surface area (Å²) in [5.74, 6) is 1.10. The van der Waals surface area contributed by atoms with Crippen LogP contribution >= 0.6 is 34.7 Å². The highest BCUT2D eigenvalue weighted by atomic mass is 35.5. The fourth-order valence-corrected chi connectivity index (χ4v) is 3.94. The largest absolute Gasteiger partial charge is 0.484 e. The van der Waals surface area contributed by atoms with E-state index in [4.69, 9.17) is 16.3 Å². The number of carbonyl (C=O) groups is 1. The molecule has 0 spiro atoms. The van der Waals surface area contributed by atoms with Crippen molar-refractivity contribution < 1.29 is 9.53 Å². The first-order valence-corrected chi connectivity index (χ1v) is 9.96. The summed E-state index contributed by atoms with van der Waals surface area (Å²) in [7, 11) is 0. The molecule has 0 aliphatic rings. The molecule has 1 aromatic heterocycles. The summed E-state index contributed by atoms with van der Waals surface area (Å²) in [6.45, 7) is 1.96. The lowest BCUT2D eigenvalue weighted by atomic mass is 10.2. The van der Waals surface area contributed by atoms with E-state index < -0.39 is 0 Å². The number of carbonyl (C=O) groups excluding carboxylic acids is 1. The van der Waals surface area contributed by atoms with E-state index in [-0.39, 0.29) is 12.5 Å². The molecular weight excluding hydrogens is 390 g/mol. The number of aromatic nitrogens is 2. The molecule has 5 nitrogen and oxygen atoms in total. The summed E-state index contributed by atoms with van der Waals surface area (Å²) in [6.07, 6.45) is 0. The third-order valence-electron chi connectivity index (χ3n) is 3.28. The van der Waals surface area contributed by atoms with Crippen molar-refractivity contribution in [2.24, 2.45) is 0 Å². The van der Waals surface area contributed by atoms with Gasteiger partial charge in [0.15, 0.2) is 10.9 Å².